The molecule has 1 saturated carbocycles. The summed E-state index contributed by atoms with van der Waals surface area (Å²) in [6.07, 6.45) is 7.36. The SMILES string of the molecule is Cc1[nH]c(-c2cccc(CCCNC3CCCN(C(=O)OC(C)(C)C)CC3)n2)nc1C1CC1. The van der Waals surface area contributed by atoms with E-state index >= 15 is 0 Å². The molecule has 2 aromatic heterocycles. The summed E-state index contributed by atoms with van der Waals surface area (Å²) in [5, 5.41) is 3.69. The first-order chi connectivity index (χ1) is 15.8. The van der Waals surface area contributed by atoms with Crippen molar-refractivity contribution < 1.29 is 9.53 Å². The van der Waals surface area contributed by atoms with Gasteiger partial charge in [0.15, 0.2) is 5.82 Å². The average molecular weight is 454 g/mol. The Morgan fingerprint density at radius 1 is 1.18 bits per heavy atom. The molecule has 2 N–H and O–H groups in total. The number of likely N-dealkylation sites (tertiary alicyclic amines) is 1. The van der Waals surface area contributed by atoms with E-state index in [1.54, 1.807) is 0 Å². The van der Waals surface area contributed by atoms with Gasteiger partial charge >= 0.3 is 6.09 Å². The summed E-state index contributed by atoms with van der Waals surface area (Å²) in [6, 6.07) is 6.67. The second kappa shape index (κ2) is 10.2. The first kappa shape index (κ1) is 23.7. The molecule has 180 valence electrons. The molecule has 2 aliphatic rings. The minimum atomic E-state index is -0.443. The van der Waals surface area contributed by atoms with E-state index < -0.39 is 5.60 Å². The molecular weight excluding hydrogens is 414 g/mol. The van der Waals surface area contributed by atoms with Gasteiger partial charge in [0.2, 0.25) is 0 Å². The number of aromatic amines is 1. The lowest BCUT2D eigenvalue weighted by molar-refractivity contribution is 0.0256. The quantitative estimate of drug-likeness (QED) is 0.579. The van der Waals surface area contributed by atoms with E-state index in [2.05, 4.69) is 29.4 Å². The van der Waals surface area contributed by atoms with Crippen molar-refractivity contribution in [2.24, 2.45) is 0 Å². The molecule has 7 nitrogen and oxygen atoms in total. The number of aryl methyl sites for hydroxylation is 2. The van der Waals surface area contributed by atoms with E-state index in [-0.39, 0.29) is 6.09 Å². The molecule has 1 atom stereocenters. The fraction of sp³-hybridized carbons (Fsp3) is 0.654. The van der Waals surface area contributed by atoms with Gasteiger partial charge in [-0.05, 0) is 91.3 Å². The zero-order valence-electron chi connectivity index (χ0n) is 20.6. The average Bonchev–Trinajstić information content (AvgIpc) is 3.56. The minimum absolute atomic E-state index is 0.190. The number of pyridine rings is 1. The van der Waals surface area contributed by atoms with E-state index in [9.17, 15) is 4.79 Å². The molecule has 2 fully saturated rings. The van der Waals surface area contributed by atoms with Crippen LogP contribution in [0.15, 0.2) is 18.2 Å². The van der Waals surface area contributed by atoms with Gasteiger partial charge in [-0.2, -0.15) is 0 Å². The minimum Gasteiger partial charge on any atom is -0.444 e. The Hall–Kier alpha value is -2.41. The highest BCUT2D eigenvalue weighted by Gasteiger charge is 2.28. The highest BCUT2D eigenvalue weighted by atomic mass is 16.6. The molecule has 0 spiro atoms. The van der Waals surface area contributed by atoms with Crippen LogP contribution in [0.3, 0.4) is 0 Å². The molecule has 0 aromatic carbocycles. The standard InChI is InChI=1S/C26H39N5O2/c1-18-23(19-12-13-19)30-24(28-18)22-11-5-8-21(29-22)9-6-15-27-20-10-7-16-31(17-14-20)25(32)33-26(2,3)4/h5,8,11,19-20,27H,6-7,9-10,12-17H2,1-4H3,(H,28,30). The van der Waals surface area contributed by atoms with Gasteiger partial charge < -0.3 is 19.9 Å². The Morgan fingerprint density at radius 2 is 2.00 bits per heavy atom. The van der Waals surface area contributed by atoms with Crippen LogP contribution < -0.4 is 5.32 Å². The van der Waals surface area contributed by atoms with Crippen molar-refractivity contribution in [2.45, 2.75) is 90.2 Å². The van der Waals surface area contributed by atoms with E-state index in [4.69, 9.17) is 14.7 Å². The lowest BCUT2D eigenvalue weighted by atomic mass is 10.1. The largest absolute Gasteiger partial charge is 0.444 e. The van der Waals surface area contributed by atoms with E-state index in [1.165, 1.54) is 24.2 Å². The summed E-state index contributed by atoms with van der Waals surface area (Å²) in [6.45, 7) is 10.3. The van der Waals surface area contributed by atoms with Crippen LogP contribution in [0.4, 0.5) is 4.79 Å². The fourth-order valence-electron chi connectivity index (χ4n) is 4.49. The van der Waals surface area contributed by atoms with Crippen molar-refractivity contribution in [2.75, 3.05) is 19.6 Å². The normalized spacial score (nSPS) is 19.4. The number of imidazole rings is 1. The van der Waals surface area contributed by atoms with Crippen LogP contribution in [0, 0.1) is 6.92 Å². The number of nitrogens with zero attached hydrogens (tertiary/aromatic N) is 3. The summed E-state index contributed by atoms with van der Waals surface area (Å²) in [5.41, 5.74) is 3.99. The molecule has 1 aliphatic heterocycles. The third-order valence-corrected chi connectivity index (χ3v) is 6.36. The lowest BCUT2D eigenvalue weighted by Crippen LogP contribution is -2.38. The molecule has 0 bridgehead atoms. The number of H-pyrrole nitrogens is 1. The Bertz CT molecular complexity index is 944. The van der Waals surface area contributed by atoms with Crippen molar-refractivity contribution >= 4 is 6.09 Å². The number of amides is 1. The van der Waals surface area contributed by atoms with E-state index in [0.717, 1.165) is 69.0 Å². The molecule has 33 heavy (non-hydrogen) atoms. The number of ether oxygens (including phenoxy) is 1. The first-order valence-corrected chi connectivity index (χ1v) is 12.5. The second-order valence-corrected chi connectivity index (χ2v) is 10.5. The number of hydrogen-bond donors (Lipinski definition) is 2. The molecule has 3 heterocycles. The van der Waals surface area contributed by atoms with Crippen LogP contribution in [-0.2, 0) is 11.2 Å². The Morgan fingerprint density at radius 3 is 2.76 bits per heavy atom. The number of hydrogen-bond acceptors (Lipinski definition) is 5. The maximum Gasteiger partial charge on any atom is 0.410 e. The molecule has 1 aliphatic carbocycles. The summed E-state index contributed by atoms with van der Waals surface area (Å²) < 4.78 is 5.53. The van der Waals surface area contributed by atoms with Gasteiger partial charge in [-0.25, -0.2) is 14.8 Å². The molecule has 1 unspecified atom stereocenters. The number of nitrogens with one attached hydrogen (secondary N) is 2. The molecule has 7 heteroatoms. The van der Waals surface area contributed by atoms with Gasteiger partial charge in [-0.3, -0.25) is 0 Å². The van der Waals surface area contributed by atoms with Crippen molar-refractivity contribution in [1.82, 2.24) is 25.2 Å². The maximum atomic E-state index is 12.3. The number of carbonyl (C=O) groups excluding carboxylic acids is 1. The number of aromatic nitrogens is 3. The van der Waals surface area contributed by atoms with E-state index in [0.29, 0.717) is 12.0 Å². The molecular formula is C26H39N5O2. The van der Waals surface area contributed by atoms with Crippen molar-refractivity contribution in [1.29, 1.82) is 0 Å². The van der Waals surface area contributed by atoms with Crippen molar-refractivity contribution in [3.05, 3.63) is 35.3 Å². The van der Waals surface area contributed by atoms with Crippen LogP contribution in [0.5, 0.6) is 0 Å². The van der Waals surface area contributed by atoms with Crippen LogP contribution in [0.25, 0.3) is 11.5 Å². The topological polar surface area (TPSA) is 83.1 Å². The zero-order chi connectivity index (χ0) is 23.4. The van der Waals surface area contributed by atoms with Crippen LogP contribution in [-0.4, -0.2) is 57.2 Å². The number of rotatable bonds is 7. The summed E-state index contributed by atoms with van der Waals surface area (Å²) >= 11 is 0. The van der Waals surface area contributed by atoms with Crippen molar-refractivity contribution in [3.63, 3.8) is 0 Å². The van der Waals surface area contributed by atoms with Crippen molar-refractivity contribution in [3.8, 4) is 11.5 Å². The molecule has 0 radical (unpaired) electrons. The maximum absolute atomic E-state index is 12.3. The highest BCUT2D eigenvalue weighted by Crippen LogP contribution is 2.41. The third kappa shape index (κ3) is 6.79. The van der Waals surface area contributed by atoms with Gasteiger partial charge in [0.05, 0.1) is 5.69 Å². The van der Waals surface area contributed by atoms with Gasteiger partial charge in [0, 0.05) is 36.4 Å². The second-order valence-electron chi connectivity index (χ2n) is 10.5. The van der Waals surface area contributed by atoms with Gasteiger partial charge in [-0.15, -0.1) is 0 Å². The summed E-state index contributed by atoms with van der Waals surface area (Å²) in [7, 11) is 0. The van der Waals surface area contributed by atoms with Crippen LogP contribution in [0.1, 0.15) is 82.3 Å². The number of carbonyl (C=O) groups is 1. The molecule has 4 rings (SSSR count). The summed E-state index contributed by atoms with van der Waals surface area (Å²) in [5.74, 6) is 1.53. The predicted molar refractivity (Wildman–Crippen MR) is 130 cm³/mol. The summed E-state index contributed by atoms with van der Waals surface area (Å²) in [4.78, 5) is 27.3. The third-order valence-electron chi connectivity index (χ3n) is 6.36. The highest BCUT2D eigenvalue weighted by molar-refractivity contribution is 5.68. The molecule has 1 saturated heterocycles. The van der Waals surface area contributed by atoms with Gasteiger partial charge in [0.25, 0.3) is 0 Å². The first-order valence-electron chi connectivity index (χ1n) is 12.5. The monoisotopic (exact) mass is 453 g/mol. The van der Waals surface area contributed by atoms with Crippen LogP contribution in [0.2, 0.25) is 0 Å². The fourth-order valence-corrected chi connectivity index (χ4v) is 4.49. The predicted octanol–water partition coefficient (Wildman–Crippen LogP) is 4.97. The smallest absolute Gasteiger partial charge is 0.410 e. The van der Waals surface area contributed by atoms with Gasteiger partial charge in [-0.1, -0.05) is 6.07 Å². The van der Waals surface area contributed by atoms with E-state index in [1.807, 2.05) is 31.7 Å². The van der Waals surface area contributed by atoms with Gasteiger partial charge in [0.1, 0.15) is 11.3 Å². The Labute approximate surface area is 197 Å². The Kier molecular flexibility index (Phi) is 7.37. The zero-order valence-corrected chi connectivity index (χ0v) is 20.6. The lowest BCUT2D eigenvalue weighted by Gasteiger charge is -2.26. The molecule has 1 amide bonds. The Balaban J connectivity index is 1.21. The molecule has 2 aromatic rings. The van der Waals surface area contributed by atoms with Crippen LogP contribution >= 0.6 is 0 Å².